The zero-order chi connectivity index (χ0) is 15.7. The molecule has 1 aromatic rings. The highest BCUT2D eigenvalue weighted by molar-refractivity contribution is 5.62. The monoisotopic (exact) mass is 284 g/mol. The van der Waals surface area contributed by atoms with Crippen molar-refractivity contribution in [2.75, 3.05) is 10.7 Å². The molecule has 0 amide bonds. The van der Waals surface area contributed by atoms with Crippen molar-refractivity contribution in [3.8, 4) is 0 Å². The van der Waals surface area contributed by atoms with E-state index in [1.807, 2.05) is 0 Å². The number of nitrogens with one attached hydrogen (secondary N) is 2. The number of hydrogen-bond donors (Lipinski definition) is 4. The molecule has 0 aliphatic rings. The summed E-state index contributed by atoms with van der Waals surface area (Å²) in [5.41, 5.74) is 0.190. The van der Waals surface area contributed by atoms with Crippen molar-refractivity contribution in [2.45, 2.75) is 45.8 Å². The average molecular weight is 284 g/mol. The predicted molar refractivity (Wildman–Crippen MR) is 75.2 cm³/mol. The Morgan fingerprint density at radius 1 is 1.30 bits per heavy atom. The third-order valence-electron chi connectivity index (χ3n) is 3.33. The van der Waals surface area contributed by atoms with Gasteiger partial charge in [-0.25, -0.2) is 10.8 Å². The highest BCUT2D eigenvalue weighted by Crippen LogP contribution is 2.32. The minimum absolute atomic E-state index is 0.00238. The number of rotatable bonds is 5. The quantitative estimate of drug-likeness (QED) is 0.356. The second-order valence-electron chi connectivity index (χ2n) is 5.54. The summed E-state index contributed by atoms with van der Waals surface area (Å²) < 4.78 is 0. The van der Waals surface area contributed by atoms with Gasteiger partial charge in [0.2, 0.25) is 11.8 Å². The molecule has 0 aliphatic heterocycles. The van der Waals surface area contributed by atoms with Crippen LogP contribution >= 0.6 is 0 Å². The Hall–Kier alpha value is -2.00. The van der Waals surface area contributed by atoms with E-state index < -0.39 is 16.1 Å². The Bertz CT molecular complexity index is 524. The molecular formula is C11H20N6O3. The van der Waals surface area contributed by atoms with Crippen LogP contribution < -0.4 is 16.6 Å². The Balaban J connectivity index is 3.36. The molecule has 112 valence electrons. The number of nitrogens with zero attached hydrogens (tertiary/aromatic N) is 3. The van der Waals surface area contributed by atoms with E-state index in [9.17, 15) is 15.2 Å². The van der Waals surface area contributed by atoms with Crippen LogP contribution in [0.1, 0.15) is 33.4 Å². The summed E-state index contributed by atoms with van der Waals surface area (Å²) >= 11 is 0. The van der Waals surface area contributed by atoms with Crippen LogP contribution in [-0.2, 0) is 0 Å². The first-order valence-electron chi connectivity index (χ1n) is 6.00. The lowest BCUT2D eigenvalue weighted by atomic mass is 9.86. The van der Waals surface area contributed by atoms with Gasteiger partial charge in [0.05, 0.1) is 16.1 Å². The summed E-state index contributed by atoms with van der Waals surface area (Å²) in [5, 5.41) is 24.2. The van der Waals surface area contributed by atoms with Crippen LogP contribution in [0.25, 0.3) is 0 Å². The van der Waals surface area contributed by atoms with Gasteiger partial charge in [0.15, 0.2) is 0 Å². The molecule has 1 heterocycles. The molecule has 0 saturated carbocycles. The number of nitrogens with two attached hydrogens (primary N) is 1. The first kappa shape index (κ1) is 16.1. The number of aliphatic hydroxyl groups is 1. The highest BCUT2D eigenvalue weighted by Gasteiger charge is 2.37. The summed E-state index contributed by atoms with van der Waals surface area (Å²) in [6.45, 7) is 8.11. The summed E-state index contributed by atoms with van der Waals surface area (Å²) in [4.78, 5) is 18.4. The van der Waals surface area contributed by atoms with Gasteiger partial charge in [-0.1, -0.05) is 0 Å². The van der Waals surface area contributed by atoms with Crippen LogP contribution in [0.5, 0.6) is 0 Å². The van der Waals surface area contributed by atoms with Gasteiger partial charge in [0, 0.05) is 0 Å². The van der Waals surface area contributed by atoms with Crippen LogP contribution in [-0.4, -0.2) is 31.1 Å². The fourth-order valence-electron chi connectivity index (χ4n) is 1.39. The van der Waals surface area contributed by atoms with Crippen LogP contribution in [0.4, 0.5) is 17.5 Å². The molecule has 9 heteroatoms. The number of nitro groups is 1. The minimum atomic E-state index is -1.13. The van der Waals surface area contributed by atoms with Gasteiger partial charge in [-0.3, -0.25) is 15.5 Å². The van der Waals surface area contributed by atoms with Crippen LogP contribution in [0.2, 0.25) is 0 Å². The predicted octanol–water partition coefficient (Wildman–Crippen LogP) is 0.940. The first-order chi connectivity index (χ1) is 8.99. The fraction of sp³-hybridized carbons (Fsp3) is 0.636. The number of nitrogen functional groups attached to an aromatic ring is 1. The summed E-state index contributed by atoms with van der Waals surface area (Å²) in [7, 11) is 0. The Morgan fingerprint density at radius 3 is 2.25 bits per heavy atom. The van der Waals surface area contributed by atoms with Crippen molar-refractivity contribution < 1.29 is 10.0 Å². The summed E-state index contributed by atoms with van der Waals surface area (Å²) in [5.74, 6) is 5.30. The zero-order valence-electron chi connectivity index (χ0n) is 12.2. The molecule has 1 rings (SSSR count). The average Bonchev–Trinajstić information content (AvgIpc) is 2.25. The maximum Gasteiger partial charge on any atom is 0.332 e. The van der Waals surface area contributed by atoms with Crippen molar-refractivity contribution in [1.82, 2.24) is 9.97 Å². The lowest BCUT2D eigenvalue weighted by Crippen LogP contribution is -2.51. The topological polar surface area (TPSA) is 139 Å². The Morgan fingerprint density at radius 2 is 1.85 bits per heavy atom. The lowest BCUT2D eigenvalue weighted by Gasteiger charge is -2.38. The molecule has 20 heavy (non-hydrogen) atoms. The smallest absolute Gasteiger partial charge is 0.332 e. The van der Waals surface area contributed by atoms with E-state index in [4.69, 9.17) is 5.84 Å². The second-order valence-corrected chi connectivity index (χ2v) is 5.54. The normalized spacial score (nSPS) is 12.2. The third-order valence-corrected chi connectivity index (χ3v) is 3.33. The van der Waals surface area contributed by atoms with Crippen LogP contribution in [0.15, 0.2) is 0 Å². The van der Waals surface area contributed by atoms with E-state index in [2.05, 4.69) is 20.7 Å². The van der Waals surface area contributed by atoms with Crippen molar-refractivity contribution in [3.63, 3.8) is 0 Å². The molecule has 0 aliphatic carbocycles. The van der Waals surface area contributed by atoms with E-state index in [0.29, 0.717) is 0 Å². The maximum atomic E-state index is 11.1. The zero-order valence-corrected chi connectivity index (χ0v) is 12.2. The number of aromatic nitrogens is 2. The van der Waals surface area contributed by atoms with Crippen molar-refractivity contribution >= 4 is 17.5 Å². The number of aryl methyl sites for hydroxylation is 1. The molecule has 0 spiro atoms. The van der Waals surface area contributed by atoms with Gasteiger partial charge >= 0.3 is 5.69 Å². The molecule has 0 fully saturated rings. The number of anilines is 2. The van der Waals surface area contributed by atoms with E-state index in [-0.39, 0.29) is 23.1 Å². The lowest BCUT2D eigenvalue weighted by molar-refractivity contribution is -0.385. The van der Waals surface area contributed by atoms with Crippen molar-refractivity contribution in [1.29, 1.82) is 0 Å². The molecule has 5 N–H and O–H groups in total. The van der Waals surface area contributed by atoms with E-state index in [1.165, 1.54) is 6.92 Å². The molecule has 9 nitrogen and oxygen atoms in total. The van der Waals surface area contributed by atoms with E-state index in [1.54, 1.807) is 27.7 Å². The Labute approximate surface area is 116 Å². The van der Waals surface area contributed by atoms with E-state index >= 15 is 0 Å². The van der Waals surface area contributed by atoms with Crippen LogP contribution in [0, 0.1) is 17.0 Å². The molecule has 0 radical (unpaired) electrons. The van der Waals surface area contributed by atoms with Gasteiger partial charge < -0.3 is 10.4 Å². The Kier molecular flexibility index (Phi) is 4.15. The largest absolute Gasteiger partial charge is 0.388 e. The SMILES string of the molecule is Cc1nc(NN)nc(NC(C)(C)C(C)(C)O)c1[N+](=O)[O-]. The third kappa shape index (κ3) is 3.11. The molecule has 0 atom stereocenters. The van der Waals surface area contributed by atoms with Gasteiger partial charge in [0.1, 0.15) is 5.69 Å². The first-order valence-corrected chi connectivity index (χ1v) is 6.00. The van der Waals surface area contributed by atoms with Crippen molar-refractivity contribution in [2.24, 2.45) is 5.84 Å². The van der Waals surface area contributed by atoms with E-state index in [0.717, 1.165) is 0 Å². The van der Waals surface area contributed by atoms with Gasteiger partial charge in [-0.05, 0) is 34.6 Å². The second kappa shape index (κ2) is 5.17. The molecule has 0 bridgehead atoms. The molecule has 1 aromatic heterocycles. The highest BCUT2D eigenvalue weighted by atomic mass is 16.6. The summed E-state index contributed by atoms with van der Waals surface area (Å²) in [6.07, 6.45) is 0. The number of hydrogen-bond acceptors (Lipinski definition) is 8. The minimum Gasteiger partial charge on any atom is -0.388 e. The maximum absolute atomic E-state index is 11.1. The molecule has 0 unspecified atom stereocenters. The van der Waals surface area contributed by atoms with Gasteiger partial charge in [-0.15, -0.1) is 0 Å². The molecular weight excluding hydrogens is 264 g/mol. The molecule has 0 saturated heterocycles. The standard InChI is InChI=1S/C11H20N6O3/c1-6-7(17(19)20)8(14-9(13-6)16-12)15-10(2,3)11(4,5)18/h18H,12H2,1-5H3,(H2,13,14,15,16). The summed E-state index contributed by atoms with van der Waals surface area (Å²) in [6, 6.07) is 0. The van der Waals surface area contributed by atoms with Gasteiger partial charge in [-0.2, -0.15) is 4.98 Å². The number of hydrazine groups is 1. The van der Waals surface area contributed by atoms with Gasteiger partial charge in [0.25, 0.3) is 0 Å². The van der Waals surface area contributed by atoms with Crippen molar-refractivity contribution in [3.05, 3.63) is 15.8 Å². The van der Waals surface area contributed by atoms with Crippen LogP contribution in [0.3, 0.4) is 0 Å². The molecule has 0 aromatic carbocycles. The fourth-order valence-corrected chi connectivity index (χ4v) is 1.39.